The quantitative estimate of drug-likeness (QED) is 0.756. The van der Waals surface area contributed by atoms with Gasteiger partial charge in [-0.3, -0.25) is 14.5 Å². The highest BCUT2D eigenvalue weighted by atomic mass is 32.2. The topological polar surface area (TPSA) is 74.8 Å². The fourth-order valence-corrected chi connectivity index (χ4v) is 4.26. The summed E-state index contributed by atoms with van der Waals surface area (Å²) in [5, 5.41) is 0. The number of hydrogen-bond donors (Lipinski definition) is 0. The fourth-order valence-electron chi connectivity index (χ4n) is 2.64. The Labute approximate surface area is 125 Å². The molecule has 118 valence electrons. The van der Waals surface area contributed by atoms with Crippen molar-refractivity contribution in [3.63, 3.8) is 0 Å². The Balaban J connectivity index is 1.80. The molecule has 0 spiro atoms. The number of rotatable bonds is 3. The molecule has 2 amide bonds. The Kier molecular flexibility index (Phi) is 3.48. The summed E-state index contributed by atoms with van der Waals surface area (Å²) >= 11 is 0. The van der Waals surface area contributed by atoms with E-state index in [-0.39, 0.29) is 37.7 Å². The third-order valence-corrected chi connectivity index (χ3v) is 5.68. The fraction of sp³-hybridized carbons (Fsp3) is 0.385. The Morgan fingerprint density at radius 3 is 2.00 bits per heavy atom. The first-order valence-electron chi connectivity index (χ1n) is 6.61. The third-order valence-electron chi connectivity index (χ3n) is 3.80. The Morgan fingerprint density at radius 1 is 1.00 bits per heavy atom. The van der Waals surface area contributed by atoms with Crippen LogP contribution < -0.4 is 0 Å². The molecule has 1 aromatic rings. The van der Waals surface area contributed by atoms with Gasteiger partial charge >= 0.3 is 0 Å². The number of benzene rings is 1. The molecule has 2 fully saturated rings. The van der Waals surface area contributed by atoms with E-state index in [1.54, 1.807) is 0 Å². The SMILES string of the molecule is O=C1CCC(=O)N1C1CN(S(=O)(=O)c2c(F)cccc2F)C1. The van der Waals surface area contributed by atoms with E-state index in [1.807, 2.05) is 0 Å². The van der Waals surface area contributed by atoms with Gasteiger partial charge in [0.25, 0.3) is 0 Å². The molecule has 0 aliphatic carbocycles. The van der Waals surface area contributed by atoms with Crippen LogP contribution in [0.3, 0.4) is 0 Å². The second kappa shape index (κ2) is 5.10. The molecule has 0 N–H and O–H groups in total. The zero-order valence-corrected chi connectivity index (χ0v) is 12.1. The lowest BCUT2D eigenvalue weighted by Gasteiger charge is -2.41. The van der Waals surface area contributed by atoms with Crippen LogP contribution in [0.25, 0.3) is 0 Å². The van der Waals surface area contributed by atoms with Crippen LogP contribution in [0.2, 0.25) is 0 Å². The van der Waals surface area contributed by atoms with Crippen LogP contribution in [0, 0.1) is 11.6 Å². The van der Waals surface area contributed by atoms with Gasteiger partial charge in [-0.25, -0.2) is 17.2 Å². The number of sulfonamides is 1. The number of carbonyl (C=O) groups excluding carboxylic acids is 2. The Bertz CT molecular complexity index is 723. The predicted octanol–water partition coefficient (Wildman–Crippen LogP) is 0.487. The van der Waals surface area contributed by atoms with Crippen LogP contribution in [-0.2, 0) is 19.6 Å². The van der Waals surface area contributed by atoms with Gasteiger partial charge in [-0.05, 0) is 12.1 Å². The average Bonchev–Trinajstić information content (AvgIpc) is 2.68. The highest BCUT2D eigenvalue weighted by Crippen LogP contribution is 2.29. The number of amides is 2. The number of carbonyl (C=O) groups is 2. The number of halogens is 2. The van der Waals surface area contributed by atoms with Crippen molar-refractivity contribution in [1.29, 1.82) is 0 Å². The van der Waals surface area contributed by atoms with Crippen LogP contribution in [0.5, 0.6) is 0 Å². The van der Waals surface area contributed by atoms with Crippen LogP contribution in [0.4, 0.5) is 8.78 Å². The molecule has 0 atom stereocenters. The number of hydrogen-bond acceptors (Lipinski definition) is 4. The van der Waals surface area contributed by atoms with Crippen molar-refractivity contribution in [2.75, 3.05) is 13.1 Å². The van der Waals surface area contributed by atoms with E-state index >= 15 is 0 Å². The largest absolute Gasteiger partial charge is 0.277 e. The smallest absolute Gasteiger partial charge is 0.249 e. The van der Waals surface area contributed by atoms with Gasteiger partial charge in [0, 0.05) is 25.9 Å². The van der Waals surface area contributed by atoms with Gasteiger partial charge in [-0.2, -0.15) is 4.31 Å². The number of imide groups is 1. The first-order valence-corrected chi connectivity index (χ1v) is 8.05. The monoisotopic (exact) mass is 330 g/mol. The van der Waals surface area contributed by atoms with Crippen molar-refractivity contribution < 1.29 is 26.8 Å². The Morgan fingerprint density at radius 2 is 1.50 bits per heavy atom. The van der Waals surface area contributed by atoms with E-state index in [0.717, 1.165) is 27.4 Å². The molecule has 0 radical (unpaired) electrons. The average molecular weight is 330 g/mol. The van der Waals surface area contributed by atoms with Crippen molar-refractivity contribution in [3.8, 4) is 0 Å². The van der Waals surface area contributed by atoms with Crippen LogP contribution >= 0.6 is 0 Å². The maximum absolute atomic E-state index is 13.6. The predicted molar refractivity (Wildman–Crippen MR) is 70.0 cm³/mol. The maximum atomic E-state index is 13.6. The molecule has 2 aliphatic heterocycles. The minimum Gasteiger partial charge on any atom is -0.277 e. The molecule has 0 saturated carbocycles. The van der Waals surface area contributed by atoms with E-state index in [4.69, 9.17) is 0 Å². The van der Waals surface area contributed by atoms with Crippen molar-refractivity contribution >= 4 is 21.8 Å². The number of likely N-dealkylation sites (tertiary alicyclic amines) is 1. The lowest BCUT2D eigenvalue weighted by molar-refractivity contribution is -0.143. The zero-order valence-electron chi connectivity index (χ0n) is 11.3. The Hall–Kier alpha value is -1.87. The number of nitrogens with zero attached hydrogens (tertiary/aromatic N) is 2. The summed E-state index contributed by atoms with van der Waals surface area (Å²) in [6, 6.07) is 2.23. The summed E-state index contributed by atoms with van der Waals surface area (Å²) < 4.78 is 52.6. The standard InChI is InChI=1S/C13H12F2N2O4S/c14-9-2-1-3-10(15)13(9)22(20,21)16-6-8(7-16)17-11(18)4-5-12(17)19/h1-3,8H,4-7H2. The molecular formula is C13H12F2N2O4S. The van der Waals surface area contributed by atoms with Crippen molar-refractivity contribution in [3.05, 3.63) is 29.8 Å². The third kappa shape index (κ3) is 2.20. The summed E-state index contributed by atoms with van der Waals surface area (Å²) in [6.45, 7) is -0.291. The summed E-state index contributed by atoms with van der Waals surface area (Å²) in [6.07, 6.45) is 0.230. The highest BCUT2D eigenvalue weighted by Gasteiger charge is 2.46. The van der Waals surface area contributed by atoms with E-state index in [0.29, 0.717) is 0 Å². The molecule has 0 bridgehead atoms. The lowest BCUT2D eigenvalue weighted by atomic mass is 10.1. The van der Waals surface area contributed by atoms with E-state index < -0.39 is 32.6 Å². The summed E-state index contributed by atoms with van der Waals surface area (Å²) in [4.78, 5) is 23.2. The molecule has 2 saturated heterocycles. The molecule has 0 unspecified atom stereocenters. The van der Waals surface area contributed by atoms with Gasteiger partial charge < -0.3 is 0 Å². The minimum absolute atomic E-state index is 0.115. The van der Waals surface area contributed by atoms with Gasteiger partial charge in [0.2, 0.25) is 21.8 Å². The van der Waals surface area contributed by atoms with Crippen LogP contribution in [0.1, 0.15) is 12.8 Å². The maximum Gasteiger partial charge on any atom is 0.249 e. The van der Waals surface area contributed by atoms with Gasteiger partial charge in [0.15, 0.2) is 4.90 Å². The molecular weight excluding hydrogens is 318 g/mol. The minimum atomic E-state index is -4.33. The molecule has 22 heavy (non-hydrogen) atoms. The molecule has 9 heteroatoms. The van der Waals surface area contributed by atoms with E-state index in [1.165, 1.54) is 0 Å². The summed E-state index contributed by atoms with van der Waals surface area (Å²) in [5.74, 6) is -3.03. The molecule has 2 heterocycles. The van der Waals surface area contributed by atoms with Crippen molar-refractivity contribution in [2.24, 2.45) is 0 Å². The van der Waals surface area contributed by atoms with Crippen LogP contribution in [-0.4, -0.2) is 48.6 Å². The molecule has 0 aromatic heterocycles. The van der Waals surface area contributed by atoms with Crippen molar-refractivity contribution in [2.45, 2.75) is 23.8 Å². The first-order chi connectivity index (χ1) is 10.3. The molecule has 2 aliphatic rings. The van der Waals surface area contributed by atoms with E-state index in [9.17, 15) is 26.8 Å². The normalized spacial score (nSPS) is 20.5. The van der Waals surface area contributed by atoms with E-state index in [2.05, 4.69) is 0 Å². The second-order valence-electron chi connectivity index (χ2n) is 5.18. The summed E-state index contributed by atoms with van der Waals surface area (Å²) in [5.41, 5.74) is 0. The van der Waals surface area contributed by atoms with Gasteiger partial charge in [0.1, 0.15) is 11.6 Å². The highest BCUT2D eigenvalue weighted by molar-refractivity contribution is 7.89. The molecule has 6 nitrogen and oxygen atoms in total. The van der Waals surface area contributed by atoms with Gasteiger partial charge in [0.05, 0.1) is 6.04 Å². The second-order valence-corrected chi connectivity index (χ2v) is 7.06. The lowest BCUT2D eigenvalue weighted by Crippen LogP contribution is -2.62. The van der Waals surface area contributed by atoms with Gasteiger partial charge in [-0.1, -0.05) is 6.07 Å². The zero-order chi connectivity index (χ0) is 16.1. The van der Waals surface area contributed by atoms with Gasteiger partial charge in [-0.15, -0.1) is 0 Å². The molecule has 3 rings (SSSR count). The first kappa shape index (κ1) is 15.0. The summed E-state index contributed by atoms with van der Waals surface area (Å²) in [7, 11) is -4.33. The van der Waals surface area contributed by atoms with Crippen molar-refractivity contribution in [1.82, 2.24) is 9.21 Å². The van der Waals surface area contributed by atoms with Crippen LogP contribution in [0.15, 0.2) is 23.1 Å². The molecule has 1 aromatic carbocycles.